The van der Waals surface area contributed by atoms with E-state index < -0.39 is 5.79 Å². The zero-order chi connectivity index (χ0) is 19.3. The van der Waals surface area contributed by atoms with E-state index in [1.54, 1.807) is 7.11 Å². The van der Waals surface area contributed by atoms with Gasteiger partial charge in [-0.1, -0.05) is 0 Å². The third-order valence-corrected chi connectivity index (χ3v) is 6.17. The van der Waals surface area contributed by atoms with Crippen molar-refractivity contribution in [2.75, 3.05) is 40.0 Å². The van der Waals surface area contributed by atoms with Gasteiger partial charge < -0.3 is 14.2 Å². The Morgan fingerprint density at radius 2 is 1.85 bits per heavy atom. The molecule has 6 nitrogen and oxygen atoms in total. The Hall–Kier alpha value is -0.760. The number of likely N-dealkylation sites (tertiary alicyclic amines) is 2. The lowest BCUT2D eigenvalue weighted by Crippen LogP contribution is -2.57. The third kappa shape index (κ3) is 5.00. The number of rotatable bonds is 8. The second-order valence-corrected chi connectivity index (χ2v) is 8.08. The van der Waals surface area contributed by atoms with E-state index in [1.165, 1.54) is 0 Å². The molecule has 0 aromatic heterocycles. The highest BCUT2D eigenvalue weighted by Crippen LogP contribution is 2.37. The normalized spacial score (nSPS) is 34.0. The summed E-state index contributed by atoms with van der Waals surface area (Å²) in [6.45, 7) is 4.94. The van der Waals surface area contributed by atoms with Gasteiger partial charge in [0.05, 0.1) is 25.2 Å². The fourth-order valence-corrected chi connectivity index (χ4v) is 4.73. The van der Waals surface area contributed by atoms with Gasteiger partial charge in [0.2, 0.25) is 0 Å². The maximum atomic E-state index is 15.5. The average Bonchev–Trinajstić information content (AvgIpc) is 3.31. The van der Waals surface area contributed by atoms with E-state index in [-0.39, 0.29) is 30.9 Å². The third-order valence-electron chi connectivity index (χ3n) is 6.17. The van der Waals surface area contributed by atoms with E-state index in [9.17, 15) is 4.79 Å². The van der Waals surface area contributed by atoms with E-state index in [0.717, 1.165) is 58.0 Å². The summed E-state index contributed by atoms with van der Waals surface area (Å²) in [6, 6.07) is 0. The lowest BCUT2D eigenvalue weighted by molar-refractivity contribution is -0.231. The lowest BCUT2D eigenvalue weighted by Gasteiger charge is -2.43. The van der Waals surface area contributed by atoms with E-state index in [1.807, 2.05) is 11.8 Å². The molecule has 2 atom stereocenters. The predicted molar refractivity (Wildman–Crippen MR) is 99.7 cm³/mol. The van der Waals surface area contributed by atoms with Gasteiger partial charge in [0.1, 0.15) is 0 Å². The van der Waals surface area contributed by atoms with Crippen LogP contribution in [0.1, 0.15) is 58.3 Å². The molecule has 156 valence electrons. The molecule has 27 heavy (non-hydrogen) atoms. The highest BCUT2D eigenvalue weighted by molar-refractivity contribution is 5.72. The molecule has 1 aliphatic carbocycles. The minimum absolute atomic E-state index is 0.0180. The number of carbonyl (C=O) groups excluding carboxylic acids is 1. The highest BCUT2D eigenvalue weighted by atomic mass is 19.1. The molecule has 3 rings (SSSR count). The molecule has 3 aliphatic rings. The van der Waals surface area contributed by atoms with Crippen LogP contribution in [0.15, 0.2) is 0 Å². The summed E-state index contributed by atoms with van der Waals surface area (Å²) in [5.74, 6) is -1.56. The smallest absolute Gasteiger partial charge is 0.308 e. The van der Waals surface area contributed by atoms with Crippen LogP contribution in [0, 0.1) is 5.92 Å². The van der Waals surface area contributed by atoms with Gasteiger partial charge in [0, 0.05) is 26.7 Å². The van der Waals surface area contributed by atoms with Crippen LogP contribution in [0.4, 0.5) is 4.39 Å². The van der Waals surface area contributed by atoms with Crippen molar-refractivity contribution in [3.63, 3.8) is 0 Å². The summed E-state index contributed by atoms with van der Waals surface area (Å²) in [5.41, 5.74) is 0. The molecule has 0 radical (unpaired) electrons. The molecule has 7 heteroatoms. The van der Waals surface area contributed by atoms with Gasteiger partial charge >= 0.3 is 5.97 Å². The molecule has 2 heterocycles. The first-order chi connectivity index (χ1) is 13.1. The van der Waals surface area contributed by atoms with Crippen LogP contribution in [0.2, 0.25) is 0 Å². The average molecular weight is 387 g/mol. The van der Waals surface area contributed by atoms with Crippen molar-refractivity contribution >= 4 is 5.97 Å². The molecule has 2 saturated heterocycles. The van der Waals surface area contributed by atoms with E-state index in [2.05, 4.69) is 4.90 Å². The predicted octanol–water partition coefficient (Wildman–Crippen LogP) is 2.91. The minimum Gasteiger partial charge on any atom is -0.466 e. The van der Waals surface area contributed by atoms with Gasteiger partial charge in [-0.3, -0.25) is 9.69 Å². The number of carbonyl (C=O) groups is 1. The highest BCUT2D eigenvalue weighted by Gasteiger charge is 2.48. The molecule has 0 N–H and O–H groups in total. The van der Waals surface area contributed by atoms with Gasteiger partial charge in [0.15, 0.2) is 12.1 Å². The second-order valence-electron chi connectivity index (χ2n) is 8.08. The Labute approximate surface area is 162 Å². The quantitative estimate of drug-likeness (QED) is 0.472. The Balaban J connectivity index is 1.62. The number of hydrogen-bond donors (Lipinski definition) is 0. The summed E-state index contributed by atoms with van der Waals surface area (Å²) in [6.07, 6.45) is 6.53. The van der Waals surface area contributed by atoms with Crippen LogP contribution in [0.3, 0.4) is 0 Å². The molecule has 0 amide bonds. The summed E-state index contributed by atoms with van der Waals surface area (Å²) in [4.78, 5) is 16.1. The number of halogens is 1. The van der Waals surface area contributed by atoms with Crippen molar-refractivity contribution in [2.24, 2.45) is 5.92 Å². The number of nitrogens with zero attached hydrogens (tertiary/aromatic N) is 2. The van der Waals surface area contributed by atoms with Crippen LogP contribution < -0.4 is 0 Å². The molecule has 1 unspecified atom stereocenters. The van der Waals surface area contributed by atoms with Gasteiger partial charge in [-0.05, 0) is 58.3 Å². The van der Waals surface area contributed by atoms with Crippen LogP contribution >= 0.6 is 0 Å². The zero-order valence-corrected chi connectivity index (χ0v) is 16.8. The first-order valence-corrected chi connectivity index (χ1v) is 10.6. The maximum Gasteiger partial charge on any atom is 0.308 e. The van der Waals surface area contributed by atoms with Crippen molar-refractivity contribution in [3.05, 3.63) is 0 Å². The van der Waals surface area contributed by atoms with E-state index in [0.29, 0.717) is 19.6 Å². The fourth-order valence-electron chi connectivity index (χ4n) is 4.73. The molecular weight excluding hydrogens is 351 g/mol. The van der Waals surface area contributed by atoms with Crippen LogP contribution in [-0.4, -0.2) is 74.0 Å². The Morgan fingerprint density at radius 3 is 2.48 bits per heavy atom. The van der Waals surface area contributed by atoms with Gasteiger partial charge in [0.25, 0.3) is 0 Å². The minimum atomic E-state index is -1.45. The molecule has 3 fully saturated rings. The number of ether oxygens (including phenoxy) is 3. The Kier molecular flexibility index (Phi) is 7.48. The SMILES string of the molecule is CCOC(=O)C1CCC(OC(N2CCCC2)N2CCC[C@]2(F)COC)CC1. The fraction of sp³-hybridized carbons (Fsp3) is 0.950. The van der Waals surface area contributed by atoms with Crippen LogP contribution in [0.25, 0.3) is 0 Å². The molecule has 2 aliphatic heterocycles. The summed E-state index contributed by atoms with van der Waals surface area (Å²) < 4.78 is 32.4. The zero-order valence-electron chi connectivity index (χ0n) is 16.8. The Morgan fingerprint density at radius 1 is 1.15 bits per heavy atom. The first-order valence-electron chi connectivity index (χ1n) is 10.6. The maximum absolute atomic E-state index is 15.5. The van der Waals surface area contributed by atoms with E-state index in [4.69, 9.17) is 14.2 Å². The van der Waals surface area contributed by atoms with Crippen molar-refractivity contribution in [2.45, 2.75) is 76.5 Å². The van der Waals surface area contributed by atoms with Crippen molar-refractivity contribution in [3.8, 4) is 0 Å². The van der Waals surface area contributed by atoms with Gasteiger partial charge in [-0.25, -0.2) is 9.29 Å². The second kappa shape index (κ2) is 9.63. The van der Waals surface area contributed by atoms with Crippen molar-refractivity contribution in [1.82, 2.24) is 9.80 Å². The van der Waals surface area contributed by atoms with Gasteiger partial charge in [-0.15, -0.1) is 0 Å². The number of methoxy groups -OCH3 is 1. The molecule has 1 saturated carbocycles. The number of alkyl halides is 1. The summed E-state index contributed by atoms with van der Waals surface area (Å²) in [7, 11) is 1.56. The lowest BCUT2D eigenvalue weighted by atomic mass is 9.87. The molecule has 0 bridgehead atoms. The largest absolute Gasteiger partial charge is 0.466 e. The monoisotopic (exact) mass is 386 g/mol. The number of esters is 1. The first kappa shape index (κ1) is 21.0. The summed E-state index contributed by atoms with van der Waals surface area (Å²) >= 11 is 0. The summed E-state index contributed by atoms with van der Waals surface area (Å²) in [5, 5.41) is 0. The standard InChI is InChI=1S/C20H35FN2O4/c1-3-26-18(24)16-7-9-17(10-8-16)27-19(22-12-4-5-13-22)23-14-6-11-20(23,21)15-25-2/h16-17,19H,3-15H2,1-2H3/t16?,17?,19?,20-/m1/s1. The topological polar surface area (TPSA) is 51.2 Å². The van der Waals surface area contributed by atoms with Crippen LogP contribution in [0.5, 0.6) is 0 Å². The molecule has 0 spiro atoms. The Bertz CT molecular complexity index is 481. The van der Waals surface area contributed by atoms with Crippen molar-refractivity contribution < 1.29 is 23.4 Å². The van der Waals surface area contributed by atoms with Gasteiger partial charge in [-0.2, -0.15) is 0 Å². The molecule has 0 aromatic rings. The van der Waals surface area contributed by atoms with Crippen molar-refractivity contribution in [1.29, 1.82) is 0 Å². The molecular formula is C20H35FN2O4. The number of hydrogen-bond acceptors (Lipinski definition) is 6. The molecule has 0 aromatic carbocycles. The van der Waals surface area contributed by atoms with E-state index >= 15 is 4.39 Å². The van der Waals surface area contributed by atoms with Crippen LogP contribution in [-0.2, 0) is 19.0 Å².